The second kappa shape index (κ2) is 8.70. The molecule has 0 unspecified atom stereocenters. The Balaban J connectivity index is 1.13. The first kappa shape index (κ1) is 23.0. The SMILES string of the molecule is C[C@@H]1CC[C@@H](c2ccoc2)N2C[C@@]3(CC[C@H]12)CS[C@@]1(CC[C@@H]2[C@@H](C)CC[C@@H](c4ccoc4)N2C1)C3. The van der Waals surface area contributed by atoms with Gasteiger partial charge >= 0.3 is 0 Å². The molecule has 190 valence electrons. The minimum absolute atomic E-state index is 0.439. The van der Waals surface area contributed by atoms with Gasteiger partial charge in [0.15, 0.2) is 0 Å². The number of thioether (sulfide) groups is 1. The van der Waals surface area contributed by atoms with Crippen LogP contribution in [0.2, 0.25) is 0 Å². The molecule has 2 aromatic rings. The number of nitrogens with zero attached hydrogens (tertiary/aromatic N) is 2. The molecular formula is C30H42N2O2S. The van der Waals surface area contributed by atoms with E-state index in [1.54, 1.807) is 0 Å². The third-order valence-corrected chi connectivity index (χ3v) is 12.7. The van der Waals surface area contributed by atoms with Crippen LogP contribution in [0.4, 0.5) is 0 Å². The van der Waals surface area contributed by atoms with Gasteiger partial charge in [0, 0.05) is 58.9 Å². The molecule has 0 bridgehead atoms. The molecule has 5 fully saturated rings. The highest BCUT2D eigenvalue weighted by Gasteiger charge is 2.56. The van der Waals surface area contributed by atoms with Gasteiger partial charge in [-0.1, -0.05) is 13.8 Å². The molecule has 0 saturated carbocycles. The van der Waals surface area contributed by atoms with E-state index in [2.05, 4.69) is 47.5 Å². The summed E-state index contributed by atoms with van der Waals surface area (Å²) in [7, 11) is 0. The van der Waals surface area contributed by atoms with E-state index in [4.69, 9.17) is 8.83 Å². The van der Waals surface area contributed by atoms with Gasteiger partial charge in [-0.3, -0.25) is 9.80 Å². The fourth-order valence-corrected chi connectivity index (χ4v) is 10.9. The number of furan rings is 2. The van der Waals surface area contributed by atoms with Gasteiger partial charge in [-0.15, -0.1) is 0 Å². The minimum Gasteiger partial charge on any atom is -0.472 e. The molecule has 0 aromatic carbocycles. The molecule has 5 aliphatic rings. The molecule has 5 aliphatic heterocycles. The monoisotopic (exact) mass is 494 g/mol. The Labute approximate surface area is 215 Å². The smallest absolute Gasteiger partial charge is 0.0950 e. The van der Waals surface area contributed by atoms with E-state index >= 15 is 0 Å². The van der Waals surface area contributed by atoms with E-state index in [-0.39, 0.29) is 0 Å². The van der Waals surface area contributed by atoms with Gasteiger partial charge in [-0.2, -0.15) is 11.8 Å². The maximum atomic E-state index is 5.54. The molecular weight excluding hydrogens is 452 g/mol. The van der Waals surface area contributed by atoms with E-state index in [9.17, 15) is 0 Å². The fraction of sp³-hybridized carbons (Fsp3) is 0.733. The Kier molecular flexibility index (Phi) is 5.71. The second-order valence-electron chi connectivity index (χ2n) is 13.0. The summed E-state index contributed by atoms with van der Waals surface area (Å²) in [6.45, 7) is 7.56. The maximum absolute atomic E-state index is 5.54. The molecule has 2 spiro atoms. The molecule has 5 heteroatoms. The summed E-state index contributed by atoms with van der Waals surface area (Å²) in [4.78, 5) is 5.86. The Bertz CT molecular complexity index is 927. The predicted molar refractivity (Wildman–Crippen MR) is 141 cm³/mol. The molecule has 0 radical (unpaired) electrons. The molecule has 5 saturated heterocycles. The molecule has 7 rings (SSSR count). The largest absolute Gasteiger partial charge is 0.472 e. The highest BCUT2D eigenvalue weighted by Crippen LogP contribution is 2.60. The molecule has 35 heavy (non-hydrogen) atoms. The van der Waals surface area contributed by atoms with Gasteiger partial charge in [-0.25, -0.2) is 0 Å². The van der Waals surface area contributed by atoms with Crippen molar-refractivity contribution in [3.63, 3.8) is 0 Å². The van der Waals surface area contributed by atoms with Gasteiger partial charge in [0.1, 0.15) is 0 Å². The van der Waals surface area contributed by atoms with Crippen molar-refractivity contribution in [3.8, 4) is 0 Å². The van der Waals surface area contributed by atoms with Gasteiger partial charge in [0.25, 0.3) is 0 Å². The normalized spacial score (nSPS) is 44.5. The lowest BCUT2D eigenvalue weighted by atomic mass is 9.67. The first-order valence-corrected chi connectivity index (χ1v) is 15.2. The summed E-state index contributed by atoms with van der Waals surface area (Å²) >= 11 is 2.36. The van der Waals surface area contributed by atoms with Crippen LogP contribution < -0.4 is 0 Å². The summed E-state index contributed by atoms with van der Waals surface area (Å²) in [6, 6.07) is 7.04. The summed E-state index contributed by atoms with van der Waals surface area (Å²) in [6.07, 6.45) is 20.0. The zero-order valence-corrected chi connectivity index (χ0v) is 22.3. The lowest BCUT2D eigenvalue weighted by molar-refractivity contribution is -0.0454. The van der Waals surface area contributed by atoms with Crippen LogP contribution in [0.1, 0.15) is 94.8 Å². The van der Waals surface area contributed by atoms with Crippen molar-refractivity contribution < 1.29 is 8.83 Å². The van der Waals surface area contributed by atoms with E-state index in [1.807, 2.05) is 25.1 Å². The van der Waals surface area contributed by atoms with E-state index in [0.29, 0.717) is 22.2 Å². The van der Waals surface area contributed by atoms with Crippen molar-refractivity contribution in [1.29, 1.82) is 0 Å². The van der Waals surface area contributed by atoms with Crippen LogP contribution in [0.5, 0.6) is 0 Å². The number of hydrogen-bond acceptors (Lipinski definition) is 5. The predicted octanol–water partition coefficient (Wildman–Crippen LogP) is 7.31. The Hall–Kier alpha value is -1.17. The van der Waals surface area contributed by atoms with Crippen molar-refractivity contribution in [2.24, 2.45) is 17.3 Å². The summed E-state index contributed by atoms with van der Waals surface area (Å²) < 4.78 is 11.5. The second-order valence-corrected chi connectivity index (χ2v) is 14.4. The van der Waals surface area contributed by atoms with Gasteiger partial charge in [0.2, 0.25) is 0 Å². The van der Waals surface area contributed by atoms with Crippen LogP contribution in [-0.4, -0.2) is 45.5 Å². The van der Waals surface area contributed by atoms with E-state index in [0.717, 1.165) is 23.9 Å². The Morgan fingerprint density at radius 1 is 0.771 bits per heavy atom. The number of rotatable bonds is 2. The van der Waals surface area contributed by atoms with Crippen LogP contribution in [0.3, 0.4) is 0 Å². The minimum atomic E-state index is 0.439. The van der Waals surface area contributed by atoms with Crippen LogP contribution >= 0.6 is 11.8 Å². The Morgan fingerprint density at radius 2 is 1.37 bits per heavy atom. The van der Waals surface area contributed by atoms with Crippen molar-refractivity contribution in [2.45, 2.75) is 101 Å². The molecule has 0 N–H and O–H groups in total. The van der Waals surface area contributed by atoms with Crippen molar-refractivity contribution in [3.05, 3.63) is 48.3 Å². The first-order chi connectivity index (χ1) is 17.0. The van der Waals surface area contributed by atoms with Gasteiger partial charge in [0.05, 0.1) is 25.1 Å². The standard InChI is InChI=1S/C30H42N2O2S/c1-21-3-5-27(23-9-13-33-15-23)31-18-29(11-7-25(21)31)17-30(35-20-29)12-8-26-22(2)4-6-28(32(26)19-30)24-10-14-34-16-24/h9-10,13-16,21-22,25-28H,3-8,11-12,17-20H2,1-2H3/t21-,22+,25-,26-,27+,28+,29+,30+/m1/s1. The maximum Gasteiger partial charge on any atom is 0.0950 e. The van der Waals surface area contributed by atoms with Crippen LogP contribution in [0.25, 0.3) is 0 Å². The van der Waals surface area contributed by atoms with Crippen molar-refractivity contribution in [2.75, 3.05) is 18.8 Å². The molecule has 7 heterocycles. The van der Waals surface area contributed by atoms with E-state index in [1.165, 1.54) is 87.8 Å². The third-order valence-electron chi connectivity index (χ3n) is 10.8. The first-order valence-electron chi connectivity index (χ1n) is 14.2. The molecule has 8 atom stereocenters. The summed E-state index contributed by atoms with van der Waals surface area (Å²) in [5.41, 5.74) is 3.30. The van der Waals surface area contributed by atoms with Crippen LogP contribution in [0.15, 0.2) is 46.0 Å². The fourth-order valence-electron chi connectivity index (χ4n) is 9.03. The van der Waals surface area contributed by atoms with Crippen LogP contribution in [-0.2, 0) is 0 Å². The average Bonchev–Trinajstić information content (AvgIpc) is 3.63. The van der Waals surface area contributed by atoms with Crippen molar-refractivity contribution in [1.82, 2.24) is 9.80 Å². The number of piperidine rings is 4. The summed E-state index contributed by atoms with van der Waals surface area (Å²) in [5.74, 6) is 2.99. The molecule has 0 amide bonds. The summed E-state index contributed by atoms with van der Waals surface area (Å²) in [5, 5.41) is 0. The average molecular weight is 495 g/mol. The lowest BCUT2D eigenvalue weighted by Crippen LogP contribution is -2.57. The third kappa shape index (κ3) is 3.87. The molecule has 4 nitrogen and oxygen atoms in total. The number of fused-ring (bicyclic) bond motifs is 2. The Morgan fingerprint density at radius 3 is 1.97 bits per heavy atom. The van der Waals surface area contributed by atoms with Gasteiger partial charge in [-0.05, 0) is 87.2 Å². The van der Waals surface area contributed by atoms with E-state index < -0.39 is 0 Å². The quantitative estimate of drug-likeness (QED) is 0.437. The van der Waals surface area contributed by atoms with Crippen molar-refractivity contribution >= 4 is 11.8 Å². The zero-order chi connectivity index (χ0) is 23.6. The highest BCUT2D eigenvalue weighted by atomic mass is 32.2. The molecule has 2 aromatic heterocycles. The van der Waals surface area contributed by atoms with Crippen LogP contribution in [0, 0.1) is 17.3 Å². The zero-order valence-electron chi connectivity index (χ0n) is 21.5. The van der Waals surface area contributed by atoms with Gasteiger partial charge < -0.3 is 8.83 Å². The number of hydrogen-bond donors (Lipinski definition) is 0. The topological polar surface area (TPSA) is 32.8 Å². The highest BCUT2D eigenvalue weighted by molar-refractivity contribution is 8.01. The lowest BCUT2D eigenvalue weighted by Gasteiger charge is -2.55. The molecule has 0 aliphatic carbocycles.